The molecule has 1 fully saturated rings. The van der Waals surface area contributed by atoms with Gasteiger partial charge < -0.3 is 20.4 Å². The minimum atomic E-state index is -0.542. The molecule has 0 radical (unpaired) electrons. The zero-order chi connectivity index (χ0) is 20.4. The number of amides is 2. The fourth-order valence-electron chi connectivity index (χ4n) is 3.49. The van der Waals surface area contributed by atoms with E-state index in [1.165, 1.54) is 17.7 Å². The molecule has 2 aromatic heterocycles. The summed E-state index contributed by atoms with van der Waals surface area (Å²) in [7, 11) is 0. The van der Waals surface area contributed by atoms with Gasteiger partial charge in [0.05, 0.1) is 16.3 Å². The number of primary amides is 1. The maximum Gasteiger partial charge on any atom is 0.278 e. The van der Waals surface area contributed by atoms with E-state index in [4.69, 9.17) is 10.2 Å². The number of oxazole rings is 1. The summed E-state index contributed by atoms with van der Waals surface area (Å²) >= 11 is 1.47. The van der Waals surface area contributed by atoms with E-state index in [0.717, 1.165) is 36.5 Å². The van der Waals surface area contributed by atoms with E-state index in [-0.39, 0.29) is 5.69 Å². The first-order valence-electron chi connectivity index (χ1n) is 9.50. The fraction of sp³-hybridized carbons (Fsp3) is 0.286. The summed E-state index contributed by atoms with van der Waals surface area (Å²) in [5.41, 5.74) is 7.41. The van der Waals surface area contributed by atoms with E-state index in [9.17, 15) is 9.59 Å². The lowest BCUT2D eigenvalue weighted by molar-refractivity contribution is 0.0995. The van der Waals surface area contributed by atoms with E-state index >= 15 is 0 Å². The molecule has 8 heteroatoms. The van der Waals surface area contributed by atoms with E-state index in [1.807, 2.05) is 23.6 Å². The minimum absolute atomic E-state index is 0.204. The summed E-state index contributed by atoms with van der Waals surface area (Å²) in [6.45, 7) is 4.03. The number of hydrogen-bond donors (Lipinski definition) is 2. The van der Waals surface area contributed by atoms with Gasteiger partial charge in [0.25, 0.3) is 5.91 Å². The number of carbonyl (C=O) groups is 2. The summed E-state index contributed by atoms with van der Waals surface area (Å²) < 4.78 is 5.44. The van der Waals surface area contributed by atoms with Crippen LogP contribution in [0.4, 0.5) is 11.4 Å². The number of nitrogens with one attached hydrogen (secondary N) is 1. The van der Waals surface area contributed by atoms with Gasteiger partial charge in [-0.15, -0.1) is 11.3 Å². The lowest BCUT2D eigenvalue weighted by Crippen LogP contribution is -2.33. The summed E-state index contributed by atoms with van der Waals surface area (Å²) in [6.07, 6.45) is 3.42. The summed E-state index contributed by atoms with van der Waals surface area (Å²) in [4.78, 5) is 31.8. The molecule has 0 unspecified atom stereocenters. The molecule has 1 aromatic carbocycles. The van der Waals surface area contributed by atoms with Crippen molar-refractivity contribution in [2.24, 2.45) is 11.7 Å². The average Bonchev–Trinajstić information content (AvgIpc) is 3.40. The normalized spacial score (nSPS) is 14.7. The number of aromatic nitrogens is 1. The third-order valence-corrected chi connectivity index (χ3v) is 6.05. The first kappa shape index (κ1) is 19.2. The number of nitrogens with two attached hydrogens (primary N) is 1. The number of benzene rings is 1. The second-order valence-corrected chi connectivity index (χ2v) is 8.17. The summed E-state index contributed by atoms with van der Waals surface area (Å²) in [5.74, 6) is 0.171. The molecule has 4 rings (SSSR count). The van der Waals surface area contributed by atoms with Gasteiger partial charge in [-0.3, -0.25) is 9.59 Å². The van der Waals surface area contributed by atoms with Crippen LogP contribution in [0.3, 0.4) is 0 Å². The number of piperidine rings is 1. The van der Waals surface area contributed by atoms with Crippen molar-refractivity contribution >= 4 is 34.5 Å². The maximum atomic E-state index is 13.0. The van der Waals surface area contributed by atoms with Gasteiger partial charge in [-0.2, -0.15) is 0 Å². The average molecular weight is 410 g/mol. The van der Waals surface area contributed by atoms with Crippen molar-refractivity contribution in [3.05, 3.63) is 53.4 Å². The molecule has 0 spiro atoms. The molecule has 0 atom stereocenters. The largest absolute Gasteiger partial charge is 0.442 e. The molecule has 3 heterocycles. The van der Waals surface area contributed by atoms with Crippen LogP contribution in [0.5, 0.6) is 0 Å². The van der Waals surface area contributed by atoms with Gasteiger partial charge >= 0.3 is 0 Å². The Labute approximate surface area is 172 Å². The molecule has 29 heavy (non-hydrogen) atoms. The highest BCUT2D eigenvalue weighted by Gasteiger charge is 2.23. The van der Waals surface area contributed by atoms with E-state index < -0.39 is 11.8 Å². The Hall–Kier alpha value is -3.13. The highest BCUT2D eigenvalue weighted by Crippen LogP contribution is 2.33. The molecular formula is C21H22N4O3S. The molecule has 3 aromatic rings. The fourth-order valence-corrected chi connectivity index (χ4v) is 4.20. The number of anilines is 2. The van der Waals surface area contributed by atoms with Crippen LogP contribution < -0.4 is 16.0 Å². The van der Waals surface area contributed by atoms with Gasteiger partial charge in [0, 0.05) is 18.7 Å². The van der Waals surface area contributed by atoms with Crippen molar-refractivity contribution in [2.45, 2.75) is 19.8 Å². The van der Waals surface area contributed by atoms with Gasteiger partial charge in [-0.05, 0) is 48.4 Å². The van der Waals surface area contributed by atoms with Crippen LogP contribution in [0.1, 0.15) is 40.6 Å². The molecule has 0 saturated carbocycles. The molecule has 1 aliphatic heterocycles. The second kappa shape index (κ2) is 8.08. The topological polar surface area (TPSA) is 101 Å². The predicted octanol–water partition coefficient (Wildman–Crippen LogP) is 3.99. The van der Waals surface area contributed by atoms with Crippen molar-refractivity contribution in [3.8, 4) is 10.6 Å². The molecule has 1 aliphatic rings. The second-order valence-electron chi connectivity index (χ2n) is 7.23. The monoisotopic (exact) mass is 410 g/mol. The van der Waals surface area contributed by atoms with Crippen molar-refractivity contribution in [2.75, 3.05) is 23.3 Å². The SMILES string of the molecule is CC1CCN(c2ccc(C(N)=O)cc2NC(=O)c2ncoc2-c2cccs2)CC1. The first-order chi connectivity index (χ1) is 14.0. The van der Waals surface area contributed by atoms with Crippen LogP contribution in [0.15, 0.2) is 46.5 Å². The van der Waals surface area contributed by atoms with Crippen molar-refractivity contribution in [1.29, 1.82) is 0 Å². The number of hydrogen-bond acceptors (Lipinski definition) is 6. The maximum absolute atomic E-state index is 13.0. The third kappa shape index (κ3) is 4.02. The molecule has 150 valence electrons. The van der Waals surface area contributed by atoms with Crippen molar-refractivity contribution in [1.82, 2.24) is 4.98 Å². The Morgan fingerprint density at radius 1 is 1.28 bits per heavy atom. The highest BCUT2D eigenvalue weighted by molar-refractivity contribution is 7.13. The quantitative estimate of drug-likeness (QED) is 0.662. The molecule has 1 saturated heterocycles. The van der Waals surface area contributed by atoms with Crippen molar-refractivity contribution < 1.29 is 14.0 Å². The summed E-state index contributed by atoms with van der Waals surface area (Å²) in [5, 5.41) is 4.82. The van der Waals surface area contributed by atoms with Gasteiger partial charge in [-0.1, -0.05) is 13.0 Å². The van der Waals surface area contributed by atoms with Crippen LogP contribution in [0.2, 0.25) is 0 Å². The smallest absolute Gasteiger partial charge is 0.278 e. The molecular weight excluding hydrogens is 388 g/mol. The molecule has 3 N–H and O–H groups in total. The van der Waals surface area contributed by atoms with Crippen LogP contribution in [0.25, 0.3) is 10.6 Å². The number of thiophene rings is 1. The van der Waals surface area contributed by atoms with Gasteiger partial charge in [0.15, 0.2) is 17.8 Å². The Balaban J connectivity index is 1.65. The molecule has 0 bridgehead atoms. The van der Waals surface area contributed by atoms with Crippen molar-refractivity contribution in [3.63, 3.8) is 0 Å². The van der Waals surface area contributed by atoms with E-state index in [2.05, 4.69) is 22.1 Å². The number of rotatable bonds is 5. The molecule has 7 nitrogen and oxygen atoms in total. The van der Waals surface area contributed by atoms with Gasteiger partial charge in [-0.25, -0.2) is 4.98 Å². The molecule has 2 amide bonds. The van der Waals surface area contributed by atoms with Gasteiger partial charge in [0.1, 0.15) is 0 Å². The Kier molecular flexibility index (Phi) is 5.35. The van der Waals surface area contributed by atoms with Crippen LogP contribution in [-0.2, 0) is 0 Å². The zero-order valence-electron chi connectivity index (χ0n) is 16.1. The van der Waals surface area contributed by atoms with E-state index in [0.29, 0.717) is 22.9 Å². The minimum Gasteiger partial charge on any atom is -0.442 e. The standard InChI is InChI=1S/C21H22N4O3S/c1-13-6-8-25(9-7-13)16-5-4-14(20(22)26)11-15(16)24-21(27)18-19(28-12-23-18)17-3-2-10-29-17/h2-5,10-13H,6-9H2,1H3,(H2,22,26)(H,24,27). The zero-order valence-corrected chi connectivity index (χ0v) is 16.9. The Morgan fingerprint density at radius 3 is 2.76 bits per heavy atom. The molecule has 0 aliphatic carbocycles. The van der Waals surface area contributed by atoms with Crippen LogP contribution in [0, 0.1) is 5.92 Å². The summed E-state index contributed by atoms with van der Waals surface area (Å²) in [6, 6.07) is 8.91. The number of carbonyl (C=O) groups excluding carboxylic acids is 2. The lowest BCUT2D eigenvalue weighted by Gasteiger charge is -2.33. The van der Waals surface area contributed by atoms with E-state index in [1.54, 1.807) is 12.1 Å². The highest BCUT2D eigenvalue weighted by atomic mass is 32.1. The number of nitrogens with zero attached hydrogens (tertiary/aromatic N) is 2. The third-order valence-electron chi connectivity index (χ3n) is 5.18. The Bertz CT molecular complexity index is 1020. The van der Waals surface area contributed by atoms with Crippen LogP contribution >= 0.6 is 11.3 Å². The first-order valence-corrected chi connectivity index (χ1v) is 10.4. The van der Waals surface area contributed by atoms with Crippen LogP contribution in [-0.4, -0.2) is 29.9 Å². The predicted molar refractivity (Wildman–Crippen MR) is 113 cm³/mol. The Morgan fingerprint density at radius 2 is 2.07 bits per heavy atom. The van der Waals surface area contributed by atoms with Gasteiger partial charge in [0.2, 0.25) is 5.91 Å². The lowest BCUT2D eigenvalue weighted by atomic mass is 9.98.